The molecule has 0 aromatic carbocycles. The van der Waals surface area contributed by atoms with Crippen LogP contribution in [-0.2, 0) is 0 Å². The molecule has 1 heterocycles. The van der Waals surface area contributed by atoms with E-state index in [1.165, 1.54) is 11.3 Å². The molecule has 0 amide bonds. The van der Waals surface area contributed by atoms with Gasteiger partial charge in [0.2, 0.25) is 0 Å². The Kier molecular flexibility index (Phi) is 4.56. The third-order valence-electron chi connectivity index (χ3n) is 2.32. The van der Waals surface area contributed by atoms with Crippen molar-refractivity contribution in [1.29, 1.82) is 0 Å². The predicted octanol–water partition coefficient (Wildman–Crippen LogP) is 1.81. The summed E-state index contributed by atoms with van der Waals surface area (Å²) in [4.78, 5) is 6.44. The molecule has 1 aromatic rings. The Morgan fingerprint density at radius 2 is 2.20 bits per heavy atom. The van der Waals surface area contributed by atoms with Gasteiger partial charge in [-0.3, -0.25) is 4.98 Å². The second-order valence-corrected chi connectivity index (χ2v) is 4.29. The van der Waals surface area contributed by atoms with Gasteiger partial charge in [-0.15, -0.1) is 0 Å². The van der Waals surface area contributed by atoms with Crippen molar-refractivity contribution in [2.24, 2.45) is 11.7 Å². The highest BCUT2D eigenvalue weighted by Crippen LogP contribution is 2.18. The molecule has 0 saturated heterocycles. The number of nitrogens with zero attached hydrogens (tertiary/aromatic N) is 2. The summed E-state index contributed by atoms with van der Waals surface area (Å²) in [5.74, 6) is 0.643. The molecule has 0 aliphatic rings. The Hall–Kier alpha value is -1.09. The van der Waals surface area contributed by atoms with Gasteiger partial charge in [-0.05, 0) is 24.5 Å². The van der Waals surface area contributed by atoms with E-state index < -0.39 is 0 Å². The third kappa shape index (κ3) is 3.51. The van der Waals surface area contributed by atoms with Crippen molar-refractivity contribution in [1.82, 2.24) is 4.98 Å². The minimum atomic E-state index is 0.643. The summed E-state index contributed by atoms with van der Waals surface area (Å²) in [5.41, 5.74) is 8.10. The van der Waals surface area contributed by atoms with Crippen LogP contribution in [0.25, 0.3) is 0 Å². The number of aryl methyl sites for hydroxylation is 1. The lowest BCUT2D eigenvalue weighted by atomic mass is 10.1. The molecule has 0 saturated carbocycles. The highest BCUT2D eigenvalue weighted by Gasteiger charge is 2.09. The Morgan fingerprint density at radius 1 is 1.47 bits per heavy atom. The van der Waals surface area contributed by atoms with Gasteiger partial charge in [-0.1, -0.05) is 13.8 Å². The fourth-order valence-electron chi connectivity index (χ4n) is 1.73. The second kappa shape index (κ2) is 5.71. The zero-order valence-electron chi connectivity index (χ0n) is 9.90. The van der Waals surface area contributed by atoms with Gasteiger partial charge in [0.1, 0.15) is 0 Å². The first-order chi connectivity index (χ1) is 7.15. The Labute approximate surface area is 92.3 Å². The average molecular weight is 207 g/mol. The van der Waals surface area contributed by atoms with E-state index in [0.29, 0.717) is 12.5 Å². The highest BCUT2D eigenvalue weighted by molar-refractivity contribution is 5.51. The molecule has 0 spiro atoms. The first-order valence-electron chi connectivity index (χ1n) is 5.50. The summed E-state index contributed by atoms with van der Waals surface area (Å²) in [6, 6.07) is 2.06. The van der Waals surface area contributed by atoms with Crippen molar-refractivity contribution in [2.75, 3.05) is 24.5 Å². The van der Waals surface area contributed by atoms with E-state index in [1.807, 2.05) is 12.4 Å². The Balaban J connectivity index is 2.83. The second-order valence-electron chi connectivity index (χ2n) is 4.29. The lowest BCUT2D eigenvalue weighted by Crippen LogP contribution is -2.33. The normalized spacial score (nSPS) is 10.7. The van der Waals surface area contributed by atoms with Crippen molar-refractivity contribution >= 4 is 5.69 Å². The number of aromatic nitrogens is 1. The van der Waals surface area contributed by atoms with Crippen LogP contribution in [0.3, 0.4) is 0 Å². The van der Waals surface area contributed by atoms with Crippen molar-refractivity contribution in [3.05, 3.63) is 24.0 Å². The molecule has 0 radical (unpaired) electrons. The van der Waals surface area contributed by atoms with Crippen LogP contribution in [0, 0.1) is 12.8 Å². The van der Waals surface area contributed by atoms with Crippen LogP contribution in [0.15, 0.2) is 18.5 Å². The maximum absolute atomic E-state index is 5.64. The predicted molar refractivity (Wildman–Crippen MR) is 65.1 cm³/mol. The molecule has 1 rings (SSSR count). The van der Waals surface area contributed by atoms with E-state index >= 15 is 0 Å². The fraction of sp³-hybridized carbons (Fsp3) is 0.583. The Bertz CT molecular complexity index is 297. The van der Waals surface area contributed by atoms with Crippen LogP contribution in [0.5, 0.6) is 0 Å². The molecule has 0 bridgehead atoms. The van der Waals surface area contributed by atoms with E-state index in [1.54, 1.807) is 0 Å². The third-order valence-corrected chi connectivity index (χ3v) is 2.32. The van der Waals surface area contributed by atoms with Gasteiger partial charge in [0, 0.05) is 37.7 Å². The molecule has 0 fully saturated rings. The molecule has 0 unspecified atom stereocenters. The van der Waals surface area contributed by atoms with E-state index in [9.17, 15) is 0 Å². The summed E-state index contributed by atoms with van der Waals surface area (Å²) in [6.45, 7) is 9.17. The minimum absolute atomic E-state index is 0.643. The first-order valence-corrected chi connectivity index (χ1v) is 5.50. The van der Waals surface area contributed by atoms with E-state index in [0.717, 1.165) is 13.1 Å². The van der Waals surface area contributed by atoms with E-state index in [2.05, 4.69) is 36.7 Å². The van der Waals surface area contributed by atoms with E-state index in [-0.39, 0.29) is 0 Å². The monoisotopic (exact) mass is 207 g/mol. The lowest BCUT2D eigenvalue weighted by Gasteiger charge is -2.27. The number of anilines is 1. The maximum atomic E-state index is 5.64. The quantitative estimate of drug-likeness (QED) is 0.800. The summed E-state index contributed by atoms with van der Waals surface area (Å²) < 4.78 is 0. The van der Waals surface area contributed by atoms with Crippen LogP contribution in [0.2, 0.25) is 0 Å². The van der Waals surface area contributed by atoms with Gasteiger partial charge in [0.25, 0.3) is 0 Å². The van der Waals surface area contributed by atoms with Crippen LogP contribution in [0.1, 0.15) is 19.4 Å². The molecular weight excluding hydrogens is 186 g/mol. The molecule has 3 heteroatoms. The molecule has 84 valence electrons. The summed E-state index contributed by atoms with van der Waals surface area (Å²) in [6.07, 6.45) is 3.74. The van der Waals surface area contributed by atoms with Gasteiger partial charge >= 0.3 is 0 Å². The van der Waals surface area contributed by atoms with Gasteiger partial charge in [-0.25, -0.2) is 0 Å². The minimum Gasteiger partial charge on any atom is -0.370 e. The van der Waals surface area contributed by atoms with Crippen molar-refractivity contribution < 1.29 is 0 Å². The van der Waals surface area contributed by atoms with Gasteiger partial charge in [0.15, 0.2) is 0 Å². The van der Waals surface area contributed by atoms with Crippen molar-refractivity contribution in [3.8, 4) is 0 Å². The zero-order valence-corrected chi connectivity index (χ0v) is 9.90. The SMILES string of the molecule is Cc1cnccc1N(CCN)CC(C)C. The molecule has 2 N–H and O–H groups in total. The molecule has 0 atom stereocenters. The summed E-state index contributed by atoms with van der Waals surface area (Å²) in [5, 5.41) is 0. The van der Waals surface area contributed by atoms with E-state index in [4.69, 9.17) is 5.73 Å². The fourth-order valence-corrected chi connectivity index (χ4v) is 1.73. The first kappa shape index (κ1) is 12.0. The largest absolute Gasteiger partial charge is 0.370 e. The standard InChI is InChI=1S/C12H21N3/c1-10(2)9-15(7-5-13)12-4-6-14-8-11(12)3/h4,6,8,10H,5,7,9,13H2,1-3H3. The van der Waals surface area contributed by atoms with Gasteiger partial charge in [-0.2, -0.15) is 0 Å². The number of hydrogen-bond donors (Lipinski definition) is 1. The maximum Gasteiger partial charge on any atom is 0.0427 e. The smallest absolute Gasteiger partial charge is 0.0427 e. The van der Waals surface area contributed by atoms with Gasteiger partial charge < -0.3 is 10.6 Å². The van der Waals surface area contributed by atoms with Crippen LogP contribution < -0.4 is 10.6 Å². The molecule has 0 aliphatic heterocycles. The lowest BCUT2D eigenvalue weighted by molar-refractivity contribution is 0.610. The molecule has 3 nitrogen and oxygen atoms in total. The Morgan fingerprint density at radius 3 is 2.73 bits per heavy atom. The number of pyridine rings is 1. The van der Waals surface area contributed by atoms with Crippen LogP contribution in [0.4, 0.5) is 5.69 Å². The average Bonchev–Trinajstić information content (AvgIpc) is 2.17. The zero-order chi connectivity index (χ0) is 11.3. The molecule has 1 aromatic heterocycles. The molecule has 15 heavy (non-hydrogen) atoms. The summed E-state index contributed by atoms with van der Waals surface area (Å²) >= 11 is 0. The highest BCUT2D eigenvalue weighted by atomic mass is 15.1. The van der Waals surface area contributed by atoms with Gasteiger partial charge in [0.05, 0.1) is 0 Å². The van der Waals surface area contributed by atoms with Crippen LogP contribution >= 0.6 is 0 Å². The van der Waals surface area contributed by atoms with Crippen molar-refractivity contribution in [3.63, 3.8) is 0 Å². The molecule has 0 aliphatic carbocycles. The topological polar surface area (TPSA) is 42.2 Å². The number of rotatable bonds is 5. The molecular formula is C12H21N3. The van der Waals surface area contributed by atoms with Crippen LogP contribution in [-0.4, -0.2) is 24.6 Å². The van der Waals surface area contributed by atoms with Crippen molar-refractivity contribution in [2.45, 2.75) is 20.8 Å². The summed E-state index contributed by atoms with van der Waals surface area (Å²) in [7, 11) is 0. The number of hydrogen-bond acceptors (Lipinski definition) is 3. The number of nitrogens with two attached hydrogens (primary N) is 1.